The monoisotopic (exact) mass is 380 g/mol. The summed E-state index contributed by atoms with van der Waals surface area (Å²) in [4.78, 5) is 25.4. The molecule has 2 rings (SSSR count). The number of aliphatic hydroxyl groups excluding tert-OH is 1. The van der Waals surface area contributed by atoms with Crippen LogP contribution >= 0.6 is 19.5 Å². The maximum Gasteiger partial charge on any atom is 0.404 e. The minimum absolute atomic E-state index is 0.0198. The van der Waals surface area contributed by atoms with Crippen molar-refractivity contribution in [3.63, 3.8) is 0 Å². The van der Waals surface area contributed by atoms with Crippen LogP contribution in [0.15, 0.2) is 10.6 Å². The van der Waals surface area contributed by atoms with Crippen molar-refractivity contribution in [2.45, 2.75) is 25.5 Å². The molecule has 2 aliphatic rings. The van der Waals surface area contributed by atoms with Gasteiger partial charge >= 0.3 is 13.7 Å². The fourth-order valence-electron chi connectivity index (χ4n) is 2.92. The van der Waals surface area contributed by atoms with E-state index in [9.17, 15) is 24.4 Å². The van der Waals surface area contributed by atoms with E-state index < -0.39 is 25.7 Å². The molecule has 0 bridgehead atoms. The number of aliphatic carboxylic acids is 1. The molecule has 24 heavy (non-hydrogen) atoms. The number of carboxylic acid groups (broad SMARTS) is 1. The number of hydrogen-bond donors (Lipinski definition) is 3. The molecule has 11 heteroatoms. The largest absolute Gasteiger partial charge is 0.477 e. The average molecular weight is 380 g/mol. The molecule has 1 saturated heterocycles. The van der Waals surface area contributed by atoms with Crippen molar-refractivity contribution < 1.29 is 33.4 Å². The van der Waals surface area contributed by atoms with E-state index in [2.05, 4.69) is 5.09 Å². The summed E-state index contributed by atoms with van der Waals surface area (Å²) in [5.41, 5.74) is -0.0198. The smallest absolute Gasteiger partial charge is 0.404 e. The van der Waals surface area contributed by atoms with Crippen LogP contribution in [-0.2, 0) is 23.2 Å². The van der Waals surface area contributed by atoms with Crippen LogP contribution in [0.5, 0.6) is 0 Å². The van der Waals surface area contributed by atoms with E-state index in [-0.39, 0.29) is 24.2 Å². The van der Waals surface area contributed by atoms with E-state index in [4.69, 9.17) is 9.05 Å². The van der Waals surface area contributed by atoms with E-state index in [0.29, 0.717) is 17.1 Å². The Bertz CT molecular complexity index is 601. The number of aliphatic hydroxyl groups is 1. The average Bonchev–Trinajstić information content (AvgIpc) is 2.85. The van der Waals surface area contributed by atoms with Gasteiger partial charge in [-0.05, 0) is 6.92 Å². The number of fused-ring (bicyclic) bond motifs is 1. The van der Waals surface area contributed by atoms with Crippen molar-refractivity contribution in [2.75, 3.05) is 26.5 Å². The molecule has 1 amide bonds. The lowest BCUT2D eigenvalue weighted by Crippen LogP contribution is -2.61. The zero-order valence-electron chi connectivity index (χ0n) is 13.6. The summed E-state index contributed by atoms with van der Waals surface area (Å²) in [7, 11) is -0.789. The normalized spacial score (nSPS) is 24.8. The highest BCUT2D eigenvalue weighted by Crippen LogP contribution is 2.47. The van der Waals surface area contributed by atoms with Gasteiger partial charge in [0.25, 0.3) is 0 Å². The summed E-state index contributed by atoms with van der Waals surface area (Å²) < 4.78 is 21.3. The highest BCUT2D eigenvalue weighted by atomic mass is 32.2. The van der Waals surface area contributed by atoms with Gasteiger partial charge in [-0.25, -0.2) is 14.4 Å². The van der Waals surface area contributed by atoms with E-state index in [1.807, 2.05) is 0 Å². The molecule has 136 valence electrons. The second kappa shape index (κ2) is 7.55. The Kier molecular flexibility index (Phi) is 6.11. The lowest BCUT2D eigenvalue weighted by molar-refractivity contribution is -0.161. The van der Waals surface area contributed by atoms with Crippen LogP contribution in [0.25, 0.3) is 0 Å². The Balaban J connectivity index is 1.99. The maximum atomic E-state index is 12.1. The lowest BCUT2D eigenvalue weighted by Gasteiger charge is -2.44. The summed E-state index contributed by atoms with van der Waals surface area (Å²) in [5, 5.41) is 21.7. The number of carbonyl (C=O) groups is 2. The van der Waals surface area contributed by atoms with E-state index >= 15 is 0 Å². The Labute approximate surface area is 144 Å². The second-order valence-electron chi connectivity index (χ2n) is 5.44. The molecule has 1 fully saturated rings. The van der Waals surface area contributed by atoms with E-state index in [1.54, 1.807) is 0 Å². The van der Waals surface area contributed by atoms with Crippen molar-refractivity contribution in [2.24, 2.45) is 5.92 Å². The predicted molar refractivity (Wildman–Crippen MR) is 87.2 cm³/mol. The van der Waals surface area contributed by atoms with Gasteiger partial charge in [0.1, 0.15) is 5.70 Å². The minimum atomic E-state index is -3.31. The highest BCUT2D eigenvalue weighted by molar-refractivity contribution is 8.03. The molecule has 0 radical (unpaired) electrons. The van der Waals surface area contributed by atoms with Crippen LogP contribution in [0, 0.1) is 5.92 Å². The van der Waals surface area contributed by atoms with Gasteiger partial charge in [-0.15, -0.1) is 11.8 Å². The summed E-state index contributed by atoms with van der Waals surface area (Å²) in [6.07, 6.45) is -0.408. The number of nitrogens with zero attached hydrogens (tertiary/aromatic N) is 1. The first-order valence-electron chi connectivity index (χ1n) is 7.32. The van der Waals surface area contributed by atoms with Crippen molar-refractivity contribution in [1.29, 1.82) is 0 Å². The van der Waals surface area contributed by atoms with Gasteiger partial charge in [-0.1, -0.05) is 0 Å². The Hall–Kier alpha value is -0.900. The summed E-state index contributed by atoms with van der Waals surface area (Å²) in [6, 6.07) is -0.303. The minimum Gasteiger partial charge on any atom is -0.477 e. The molecule has 0 saturated carbocycles. The van der Waals surface area contributed by atoms with Crippen molar-refractivity contribution in [3.05, 3.63) is 10.6 Å². The molecular formula is C13H21N2O7PS. The number of thioether (sulfide) groups is 1. The number of amides is 1. The van der Waals surface area contributed by atoms with Gasteiger partial charge in [0.05, 0.1) is 18.1 Å². The molecule has 3 N–H and O–H groups in total. The van der Waals surface area contributed by atoms with Crippen LogP contribution < -0.4 is 5.09 Å². The van der Waals surface area contributed by atoms with Crippen molar-refractivity contribution in [1.82, 2.24) is 9.99 Å². The highest BCUT2D eigenvalue weighted by Gasteiger charge is 2.56. The first-order chi connectivity index (χ1) is 11.3. The first-order valence-corrected chi connectivity index (χ1v) is 9.85. The quantitative estimate of drug-likeness (QED) is 0.300. The Morgan fingerprint density at radius 3 is 2.62 bits per heavy atom. The fraction of sp³-hybridized carbons (Fsp3) is 0.692. The third-order valence-corrected chi connectivity index (χ3v) is 6.74. The van der Waals surface area contributed by atoms with Crippen molar-refractivity contribution >= 4 is 31.4 Å². The molecule has 0 unspecified atom stereocenters. The summed E-state index contributed by atoms with van der Waals surface area (Å²) in [6.45, 7) is 1.81. The first kappa shape index (κ1) is 19.4. The number of carboxylic acids is 1. The standard InChI is InChI=1S/C13H21N2O7PS/c1-7(16)10-8-6-9(11(13(18)19)15(8)12(10)17)24-5-4-14-23(20,21-2)22-3/h7-8,10,16H,4-6H2,1-3H3,(H,14,20)(H,18,19)/t7-,8-,10-/m1/s1. The third-order valence-electron chi connectivity index (χ3n) is 4.06. The van der Waals surface area contributed by atoms with Gasteiger partial charge in [0.2, 0.25) is 5.91 Å². The zero-order valence-corrected chi connectivity index (χ0v) is 15.3. The molecule has 2 heterocycles. The Morgan fingerprint density at radius 1 is 1.50 bits per heavy atom. The van der Waals surface area contributed by atoms with Crippen LogP contribution in [0.4, 0.5) is 0 Å². The SMILES string of the molecule is COP(=O)(NCCSC1=C(C(=O)O)N2C(=O)[C@H]([C@@H](C)O)[C@H]2C1)OC. The molecular weight excluding hydrogens is 359 g/mol. The Morgan fingerprint density at radius 2 is 2.12 bits per heavy atom. The van der Waals surface area contributed by atoms with Crippen molar-refractivity contribution in [3.8, 4) is 0 Å². The van der Waals surface area contributed by atoms with Crippen LogP contribution in [0.2, 0.25) is 0 Å². The molecule has 0 spiro atoms. The van der Waals surface area contributed by atoms with Crippen LogP contribution in [-0.4, -0.2) is 65.7 Å². The third kappa shape index (κ3) is 3.54. The topological polar surface area (TPSA) is 125 Å². The molecule has 0 aromatic rings. The number of nitrogens with one attached hydrogen (secondary N) is 1. The second-order valence-corrected chi connectivity index (χ2v) is 8.67. The number of β-lactam (4-membered cyclic amide) rings is 1. The lowest BCUT2D eigenvalue weighted by atomic mass is 9.83. The number of hydrogen-bond acceptors (Lipinski definition) is 7. The molecule has 0 aromatic carbocycles. The maximum absolute atomic E-state index is 12.1. The van der Waals surface area contributed by atoms with Crippen LogP contribution in [0.3, 0.4) is 0 Å². The predicted octanol–water partition coefficient (Wildman–Crippen LogP) is 0.618. The van der Waals surface area contributed by atoms with Gasteiger partial charge in [0.15, 0.2) is 0 Å². The van der Waals surface area contributed by atoms with E-state index in [0.717, 1.165) is 0 Å². The number of carbonyl (C=O) groups excluding carboxylic acids is 1. The summed E-state index contributed by atoms with van der Waals surface area (Å²) >= 11 is 1.27. The molecule has 2 aliphatic heterocycles. The molecule has 0 aromatic heterocycles. The van der Waals surface area contributed by atoms with Gasteiger partial charge in [-0.2, -0.15) is 0 Å². The molecule has 0 aliphatic carbocycles. The molecule has 3 atom stereocenters. The van der Waals surface area contributed by atoms with Gasteiger partial charge < -0.3 is 24.2 Å². The molecule has 9 nitrogen and oxygen atoms in total. The summed E-state index contributed by atoms with van der Waals surface area (Å²) in [5.74, 6) is -1.65. The fourth-order valence-corrected chi connectivity index (χ4v) is 4.93. The van der Waals surface area contributed by atoms with Gasteiger partial charge in [0, 0.05) is 37.8 Å². The number of rotatable bonds is 9. The zero-order chi connectivity index (χ0) is 18.1. The van der Waals surface area contributed by atoms with Gasteiger partial charge in [-0.3, -0.25) is 4.79 Å². The van der Waals surface area contributed by atoms with Crippen LogP contribution in [0.1, 0.15) is 13.3 Å². The van der Waals surface area contributed by atoms with E-state index in [1.165, 1.54) is 37.8 Å².